The van der Waals surface area contributed by atoms with Crippen LogP contribution in [0, 0.1) is 24.7 Å². The molecule has 1 aliphatic heterocycles. The van der Waals surface area contributed by atoms with Gasteiger partial charge in [0, 0.05) is 43.9 Å². The second kappa shape index (κ2) is 6.63. The average Bonchev–Trinajstić information content (AvgIpc) is 3.15. The fourth-order valence-electron chi connectivity index (χ4n) is 4.71. The van der Waals surface area contributed by atoms with Crippen molar-refractivity contribution in [2.45, 2.75) is 39.2 Å². The van der Waals surface area contributed by atoms with Gasteiger partial charge in [-0.05, 0) is 50.0 Å². The molecule has 2 aromatic rings. The van der Waals surface area contributed by atoms with E-state index in [9.17, 15) is 0 Å². The van der Waals surface area contributed by atoms with Crippen molar-refractivity contribution < 1.29 is 0 Å². The zero-order valence-electron chi connectivity index (χ0n) is 14.7. The number of imidazole rings is 1. The van der Waals surface area contributed by atoms with Gasteiger partial charge in [-0.1, -0.05) is 6.42 Å². The molecule has 1 aliphatic carbocycles. The van der Waals surface area contributed by atoms with Gasteiger partial charge in [-0.2, -0.15) is 0 Å². The Kier molecular flexibility index (Phi) is 4.35. The first-order valence-electron chi connectivity index (χ1n) is 9.15. The summed E-state index contributed by atoms with van der Waals surface area (Å²) in [7, 11) is 2.09. The Morgan fingerprint density at radius 3 is 2.88 bits per heavy atom. The van der Waals surface area contributed by atoms with Gasteiger partial charge < -0.3 is 4.57 Å². The molecule has 2 aliphatic rings. The molecule has 2 aromatic heterocycles. The third-order valence-corrected chi connectivity index (χ3v) is 5.94. The van der Waals surface area contributed by atoms with Crippen LogP contribution in [0.5, 0.6) is 0 Å². The monoisotopic (exact) mass is 325 g/mol. The zero-order valence-corrected chi connectivity index (χ0v) is 14.7. The lowest BCUT2D eigenvalue weighted by Crippen LogP contribution is -2.29. The minimum absolute atomic E-state index is 0.768. The van der Waals surface area contributed by atoms with Crippen LogP contribution in [-0.2, 0) is 20.0 Å². The van der Waals surface area contributed by atoms with E-state index in [1.165, 1.54) is 43.9 Å². The smallest absolute Gasteiger partial charge is 0.122 e. The van der Waals surface area contributed by atoms with Crippen molar-refractivity contribution in [2.24, 2.45) is 24.8 Å². The molecule has 4 rings (SSSR count). The molecular weight excluding hydrogens is 298 g/mol. The average molecular weight is 325 g/mol. The number of nitrogens with zero attached hydrogens (tertiary/aromatic N) is 5. The summed E-state index contributed by atoms with van der Waals surface area (Å²) in [6.45, 7) is 5.48. The zero-order chi connectivity index (χ0) is 16.5. The number of hydrogen-bond acceptors (Lipinski definition) is 4. The van der Waals surface area contributed by atoms with Crippen molar-refractivity contribution >= 4 is 0 Å². The summed E-state index contributed by atoms with van der Waals surface area (Å²) >= 11 is 0. The van der Waals surface area contributed by atoms with E-state index in [0.29, 0.717) is 0 Å². The lowest BCUT2D eigenvalue weighted by Gasteiger charge is -2.33. The summed E-state index contributed by atoms with van der Waals surface area (Å²) in [5, 5.41) is 0. The standard InChI is InChI=1S/C19H27N5/c1-14-8-17(22-13-21-14)9-15-4-3-5-16-10-24(11-18(15)16)12-19-20-6-7-23(19)2/h6-8,13,15-16,18H,3-5,9-12H2,1-2H3/t15-,16-,18-/m1/s1. The maximum atomic E-state index is 4.50. The topological polar surface area (TPSA) is 46.8 Å². The van der Waals surface area contributed by atoms with Crippen LogP contribution in [0.15, 0.2) is 24.8 Å². The lowest BCUT2D eigenvalue weighted by molar-refractivity contribution is 0.195. The fraction of sp³-hybridized carbons (Fsp3) is 0.632. The molecule has 0 aromatic carbocycles. The highest BCUT2D eigenvalue weighted by Gasteiger charge is 2.40. The number of aromatic nitrogens is 4. The van der Waals surface area contributed by atoms with Crippen molar-refractivity contribution in [3.05, 3.63) is 42.0 Å². The molecule has 2 fully saturated rings. The SMILES string of the molecule is Cc1cc(C[C@H]2CCC[C@@H]3CN(Cc4nccn4C)C[C@H]23)ncn1. The van der Waals surface area contributed by atoms with Crippen molar-refractivity contribution in [3.63, 3.8) is 0 Å². The number of fused-ring (bicyclic) bond motifs is 1. The van der Waals surface area contributed by atoms with Crippen LogP contribution in [0.2, 0.25) is 0 Å². The first kappa shape index (κ1) is 15.8. The molecule has 0 radical (unpaired) electrons. The summed E-state index contributed by atoms with van der Waals surface area (Å²) in [5.74, 6) is 3.61. The van der Waals surface area contributed by atoms with Crippen molar-refractivity contribution in [2.75, 3.05) is 13.1 Å². The quantitative estimate of drug-likeness (QED) is 0.867. The van der Waals surface area contributed by atoms with Gasteiger partial charge in [0.1, 0.15) is 12.2 Å². The number of likely N-dealkylation sites (tertiary alicyclic amines) is 1. The second-order valence-electron chi connectivity index (χ2n) is 7.62. The molecule has 0 spiro atoms. The van der Waals surface area contributed by atoms with Crippen LogP contribution in [-0.4, -0.2) is 37.5 Å². The Labute approximate surface area is 144 Å². The Bertz CT molecular complexity index is 695. The van der Waals surface area contributed by atoms with E-state index in [1.807, 2.05) is 12.4 Å². The fourth-order valence-corrected chi connectivity index (χ4v) is 4.71. The third-order valence-electron chi connectivity index (χ3n) is 5.94. The molecule has 0 amide bonds. The minimum atomic E-state index is 0.768. The Hall–Kier alpha value is -1.75. The van der Waals surface area contributed by atoms with Gasteiger partial charge >= 0.3 is 0 Å². The highest BCUT2D eigenvalue weighted by molar-refractivity contribution is 5.08. The van der Waals surface area contributed by atoms with Crippen molar-refractivity contribution in [3.8, 4) is 0 Å². The van der Waals surface area contributed by atoms with E-state index in [1.54, 1.807) is 6.33 Å². The predicted molar refractivity (Wildman–Crippen MR) is 93.3 cm³/mol. The Morgan fingerprint density at radius 1 is 1.17 bits per heavy atom. The van der Waals surface area contributed by atoms with Crippen molar-refractivity contribution in [1.82, 2.24) is 24.4 Å². The van der Waals surface area contributed by atoms with Gasteiger partial charge in [-0.15, -0.1) is 0 Å². The van der Waals surface area contributed by atoms with E-state index in [-0.39, 0.29) is 0 Å². The van der Waals surface area contributed by atoms with Gasteiger partial charge in [0.2, 0.25) is 0 Å². The molecule has 3 heterocycles. The normalized spacial score (nSPS) is 27.3. The van der Waals surface area contributed by atoms with E-state index in [2.05, 4.69) is 44.5 Å². The van der Waals surface area contributed by atoms with Gasteiger partial charge in [-0.25, -0.2) is 15.0 Å². The summed E-state index contributed by atoms with van der Waals surface area (Å²) in [6.07, 6.45) is 10.9. The summed E-state index contributed by atoms with van der Waals surface area (Å²) in [6, 6.07) is 2.16. The van der Waals surface area contributed by atoms with Crippen LogP contribution in [0.1, 0.15) is 36.5 Å². The minimum Gasteiger partial charge on any atom is -0.337 e. The molecule has 24 heavy (non-hydrogen) atoms. The van der Waals surface area contributed by atoms with Gasteiger partial charge in [0.25, 0.3) is 0 Å². The van der Waals surface area contributed by atoms with Crippen LogP contribution >= 0.6 is 0 Å². The summed E-state index contributed by atoms with van der Waals surface area (Å²) < 4.78 is 2.14. The van der Waals surface area contributed by atoms with Crippen LogP contribution < -0.4 is 0 Å². The summed E-state index contributed by atoms with van der Waals surface area (Å²) in [4.78, 5) is 15.8. The van der Waals surface area contributed by atoms with Gasteiger partial charge in [-0.3, -0.25) is 4.90 Å². The van der Waals surface area contributed by atoms with Gasteiger partial charge in [0.15, 0.2) is 0 Å². The molecule has 3 atom stereocenters. The predicted octanol–water partition coefficient (Wildman–Crippen LogP) is 2.61. The maximum absolute atomic E-state index is 4.50. The van der Waals surface area contributed by atoms with Crippen LogP contribution in [0.3, 0.4) is 0 Å². The third kappa shape index (κ3) is 3.22. The number of hydrogen-bond donors (Lipinski definition) is 0. The van der Waals surface area contributed by atoms with E-state index in [0.717, 1.165) is 36.4 Å². The first-order valence-corrected chi connectivity index (χ1v) is 9.15. The maximum Gasteiger partial charge on any atom is 0.122 e. The molecule has 5 heteroatoms. The highest BCUT2D eigenvalue weighted by atomic mass is 15.2. The Balaban J connectivity index is 1.43. The molecular formula is C19H27N5. The van der Waals surface area contributed by atoms with E-state index >= 15 is 0 Å². The molecule has 128 valence electrons. The highest BCUT2D eigenvalue weighted by Crippen LogP contribution is 2.41. The molecule has 5 nitrogen and oxygen atoms in total. The molecule has 0 bridgehead atoms. The largest absolute Gasteiger partial charge is 0.337 e. The van der Waals surface area contributed by atoms with Crippen molar-refractivity contribution in [1.29, 1.82) is 0 Å². The molecule has 0 N–H and O–H groups in total. The lowest BCUT2D eigenvalue weighted by atomic mass is 9.72. The Morgan fingerprint density at radius 2 is 2.08 bits per heavy atom. The first-order chi connectivity index (χ1) is 11.7. The van der Waals surface area contributed by atoms with E-state index < -0.39 is 0 Å². The van der Waals surface area contributed by atoms with Crippen LogP contribution in [0.25, 0.3) is 0 Å². The van der Waals surface area contributed by atoms with Gasteiger partial charge in [0.05, 0.1) is 6.54 Å². The number of aryl methyl sites for hydroxylation is 2. The van der Waals surface area contributed by atoms with Crippen LogP contribution in [0.4, 0.5) is 0 Å². The molecule has 1 saturated carbocycles. The second-order valence-corrected chi connectivity index (χ2v) is 7.62. The molecule has 0 unspecified atom stereocenters. The van der Waals surface area contributed by atoms with E-state index in [4.69, 9.17) is 0 Å². The number of rotatable bonds is 4. The summed E-state index contributed by atoms with van der Waals surface area (Å²) in [5.41, 5.74) is 2.30. The molecule has 1 saturated heterocycles.